The van der Waals surface area contributed by atoms with Gasteiger partial charge >= 0.3 is 5.97 Å². The van der Waals surface area contributed by atoms with E-state index in [0.717, 1.165) is 13.1 Å². The molecule has 2 rings (SSSR count). The molecule has 1 aromatic rings. The Hall–Kier alpha value is -1.76. The zero-order valence-corrected chi connectivity index (χ0v) is 11.3. The van der Waals surface area contributed by atoms with E-state index in [1.54, 1.807) is 0 Å². The number of aromatic nitrogens is 1. The van der Waals surface area contributed by atoms with Gasteiger partial charge in [-0.25, -0.2) is 18.6 Å². The van der Waals surface area contributed by atoms with E-state index in [1.165, 1.54) is 19.2 Å². The van der Waals surface area contributed by atoms with Crippen molar-refractivity contribution in [2.45, 2.75) is 19.0 Å². The summed E-state index contributed by atoms with van der Waals surface area (Å²) in [5.41, 5.74) is -0.140. The van der Waals surface area contributed by atoms with Crippen LogP contribution < -0.4 is 4.90 Å². The number of methoxy groups -OCH3 is 1. The normalized spacial score (nSPS) is 19.8. The first-order chi connectivity index (χ1) is 9.41. The Morgan fingerprint density at radius 1 is 1.55 bits per heavy atom. The van der Waals surface area contributed by atoms with Gasteiger partial charge in [-0.15, -0.1) is 0 Å². The SMILES string of the molecule is COC(=O)C1CN(c2ccc(C(C)(F)F)cn2)CCO1. The van der Waals surface area contributed by atoms with Crippen molar-refractivity contribution in [2.75, 3.05) is 31.7 Å². The van der Waals surface area contributed by atoms with E-state index < -0.39 is 18.0 Å². The van der Waals surface area contributed by atoms with Gasteiger partial charge in [0.15, 0.2) is 6.10 Å². The Morgan fingerprint density at radius 2 is 2.30 bits per heavy atom. The summed E-state index contributed by atoms with van der Waals surface area (Å²) in [7, 11) is 1.29. The first-order valence-corrected chi connectivity index (χ1v) is 6.20. The summed E-state index contributed by atoms with van der Waals surface area (Å²) in [6.07, 6.45) is 0.473. The number of ether oxygens (including phenoxy) is 2. The minimum Gasteiger partial charge on any atom is -0.467 e. The van der Waals surface area contributed by atoms with E-state index in [1.807, 2.05) is 4.90 Å². The monoisotopic (exact) mass is 286 g/mol. The van der Waals surface area contributed by atoms with Crippen molar-refractivity contribution in [3.05, 3.63) is 23.9 Å². The number of anilines is 1. The van der Waals surface area contributed by atoms with Gasteiger partial charge in [0.2, 0.25) is 0 Å². The maximum absolute atomic E-state index is 13.1. The predicted octanol–water partition coefficient (Wildman–Crippen LogP) is 1.57. The van der Waals surface area contributed by atoms with Crippen molar-refractivity contribution < 1.29 is 23.0 Å². The minimum atomic E-state index is -2.91. The molecule has 110 valence electrons. The van der Waals surface area contributed by atoms with Crippen LogP contribution in [-0.2, 0) is 20.2 Å². The summed E-state index contributed by atoms with van der Waals surface area (Å²) < 4.78 is 36.1. The maximum Gasteiger partial charge on any atom is 0.336 e. The number of carbonyl (C=O) groups excluding carboxylic acids is 1. The third-order valence-corrected chi connectivity index (χ3v) is 3.11. The number of rotatable bonds is 3. The topological polar surface area (TPSA) is 51.7 Å². The van der Waals surface area contributed by atoms with Crippen molar-refractivity contribution in [2.24, 2.45) is 0 Å². The number of alkyl halides is 2. The van der Waals surface area contributed by atoms with Crippen LogP contribution in [0.4, 0.5) is 14.6 Å². The van der Waals surface area contributed by atoms with Gasteiger partial charge in [-0.1, -0.05) is 0 Å². The van der Waals surface area contributed by atoms with E-state index in [-0.39, 0.29) is 5.56 Å². The van der Waals surface area contributed by atoms with E-state index in [9.17, 15) is 13.6 Å². The van der Waals surface area contributed by atoms with Crippen LogP contribution in [0, 0.1) is 0 Å². The molecule has 0 amide bonds. The highest BCUT2D eigenvalue weighted by Crippen LogP contribution is 2.27. The van der Waals surface area contributed by atoms with Crippen LogP contribution >= 0.6 is 0 Å². The molecule has 0 spiro atoms. The second kappa shape index (κ2) is 5.70. The molecule has 0 radical (unpaired) electrons. The fourth-order valence-electron chi connectivity index (χ4n) is 1.96. The van der Waals surface area contributed by atoms with Crippen molar-refractivity contribution in [1.29, 1.82) is 0 Å². The van der Waals surface area contributed by atoms with Crippen LogP contribution in [0.15, 0.2) is 18.3 Å². The number of halogens is 2. The third kappa shape index (κ3) is 3.22. The molecule has 1 saturated heterocycles. The van der Waals surface area contributed by atoms with Gasteiger partial charge in [-0.3, -0.25) is 0 Å². The number of pyridine rings is 1. The van der Waals surface area contributed by atoms with Crippen molar-refractivity contribution in [3.63, 3.8) is 0 Å². The number of hydrogen-bond donors (Lipinski definition) is 0. The van der Waals surface area contributed by atoms with Crippen LogP contribution in [0.25, 0.3) is 0 Å². The van der Waals surface area contributed by atoms with Gasteiger partial charge in [-0.05, 0) is 12.1 Å². The molecule has 1 aliphatic rings. The van der Waals surface area contributed by atoms with Crippen LogP contribution in [0.2, 0.25) is 0 Å². The number of hydrogen-bond acceptors (Lipinski definition) is 5. The average Bonchev–Trinajstić information content (AvgIpc) is 2.46. The Bertz CT molecular complexity index is 473. The summed E-state index contributed by atoms with van der Waals surface area (Å²) in [6.45, 7) is 2.02. The molecular weight excluding hydrogens is 270 g/mol. The lowest BCUT2D eigenvalue weighted by Gasteiger charge is -2.32. The zero-order chi connectivity index (χ0) is 14.8. The third-order valence-electron chi connectivity index (χ3n) is 3.11. The van der Waals surface area contributed by atoms with Gasteiger partial charge in [0.25, 0.3) is 5.92 Å². The second-order valence-electron chi connectivity index (χ2n) is 4.62. The summed E-state index contributed by atoms with van der Waals surface area (Å²) in [5.74, 6) is -2.83. The molecule has 1 atom stereocenters. The standard InChI is InChI=1S/C13H16F2N2O3/c1-13(14,15)9-3-4-11(16-7-9)17-5-6-20-10(8-17)12(18)19-2/h3-4,7,10H,5-6,8H2,1-2H3. The lowest BCUT2D eigenvalue weighted by Crippen LogP contribution is -2.46. The quantitative estimate of drug-likeness (QED) is 0.789. The van der Waals surface area contributed by atoms with Gasteiger partial charge < -0.3 is 14.4 Å². The highest BCUT2D eigenvalue weighted by molar-refractivity contribution is 5.75. The summed E-state index contributed by atoms with van der Waals surface area (Å²) in [6, 6.07) is 2.86. The molecule has 1 fully saturated rings. The van der Waals surface area contributed by atoms with Crippen LogP contribution in [0.5, 0.6) is 0 Å². The molecule has 0 aromatic carbocycles. The molecule has 0 N–H and O–H groups in total. The Labute approximate surface area is 115 Å². The zero-order valence-electron chi connectivity index (χ0n) is 11.3. The Balaban J connectivity index is 2.09. The second-order valence-corrected chi connectivity index (χ2v) is 4.62. The highest BCUT2D eigenvalue weighted by Gasteiger charge is 2.29. The summed E-state index contributed by atoms with van der Waals surface area (Å²) in [5, 5.41) is 0. The van der Waals surface area contributed by atoms with Gasteiger partial charge in [0.05, 0.1) is 20.3 Å². The molecule has 1 aromatic heterocycles. The predicted molar refractivity (Wildman–Crippen MR) is 67.8 cm³/mol. The molecule has 5 nitrogen and oxygen atoms in total. The summed E-state index contributed by atoms with van der Waals surface area (Å²) in [4.78, 5) is 17.3. The van der Waals surface area contributed by atoms with E-state index >= 15 is 0 Å². The summed E-state index contributed by atoms with van der Waals surface area (Å²) >= 11 is 0. The smallest absolute Gasteiger partial charge is 0.336 e. The Morgan fingerprint density at radius 3 is 2.85 bits per heavy atom. The number of nitrogens with zero attached hydrogens (tertiary/aromatic N) is 2. The van der Waals surface area contributed by atoms with E-state index in [4.69, 9.17) is 4.74 Å². The molecule has 2 heterocycles. The van der Waals surface area contributed by atoms with Gasteiger partial charge in [0.1, 0.15) is 5.82 Å². The van der Waals surface area contributed by atoms with Crippen molar-refractivity contribution in [1.82, 2.24) is 4.98 Å². The first-order valence-electron chi connectivity index (χ1n) is 6.20. The van der Waals surface area contributed by atoms with Gasteiger partial charge in [0, 0.05) is 25.2 Å². The highest BCUT2D eigenvalue weighted by atomic mass is 19.3. The number of morpholine rings is 1. The Kier molecular flexibility index (Phi) is 4.17. The largest absolute Gasteiger partial charge is 0.467 e. The molecular formula is C13H16F2N2O3. The molecule has 0 bridgehead atoms. The molecule has 0 saturated carbocycles. The maximum atomic E-state index is 13.1. The first kappa shape index (κ1) is 14.6. The minimum absolute atomic E-state index is 0.140. The average molecular weight is 286 g/mol. The molecule has 1 unspecified atom stereocenters. The van der Waals surface area contributed by atoms with Crippen LogP contribution in [-0.4, -0.2) is 43.9 Å². The van der Waals surface area contributed by atoms with Gasteiger partial charge in [-0.2, -0.15) is 0 Å². The lowest BCUT2D eigenvalue weighted by atomic mass is 10.1. The number of esters is 1. The molecule has 7 heteroatoms. The van der Waals surface area contributed by atoms with Crippen LogP contribution in [0.3, 0.4) is 0 Å². The number of carbonyl (C=O) groups is 1. The van der Waals surface area contributed by atoms with Crippen molar-refractivity contribution in [3.8, 4) is 0 Å². The van der Waals surface area contributed by atoms with E-state index in [2.05, 4.69) is 9.72 Å². The molecule has 20 heavy (non-hydrogen) atoms. The molecule has 0 aliphatic carbocycles. The van der Waals surface area contributed by atoms with Crippen molar-refractivity contribution >= 4 is 11.8 Å². The van der Waals surface area contributed by atoms with Crippen LogP contribution in [0.1, 0.15) is 12.5 Å². The molecule has 1 aliphatic heterocycles. The fourth-order valence-corrected chi connectivity index (χ4v) is 1.96. The fraction of sp³-hybridized carbons (Fsp3) is 0.538. The lowest BCUT2D eigenvalue weighted by molar-refractivity contribution is -0.154. The van der Waals surface area contributed by atoms with E-state index in [0.29, 0.717) is 25.5 Å².